The lowest BCUT2D eigenvalue weighted by Crippen LogP contribution is -2.13. The molecular weight excluding hydrogens is 367 g/mol. The summed E-state index contributed by atoms with van der Waals surface area (Å²) in [4.78, 5) is -0.0865. The topological polar surface area (TPSA) is 70.0 Å². The molecule has 0 aromatic heterocycles. The van der Waals surface area contributed by atoms with Crippen molar-refractivity contribution in [2.75, 3.05) is 4.72 Å². The summed E-state index contributed by atoms with van der Waals surface area (Å²) >= 11 is 17.7. The third kappa shape index (κ3) is 3.47. The van der Waals surface area contributed by atoms with Gasteiger partial charge in [-0.25, -0.2) is 8.42 Å². The zero-order valence-electron chi connectivity index (χ0n) is 11.2. The van der Waals surface area contributed by atoms with Crippen molar-refractivity contribution in [2.24, 2.45) is 0 Å². The quantitative estimate of drug-likeness (QED) is 0.850. The maximum Gasteiger partial charge on any atom is 0.263 e. The molecule has 114 valence electrons. The molecule has 0 aliphatic heterocycles. The lowest BCUT2D eigenvalue weighted by molar-refractivity contribution is 0.601. The molecule has 8 heteroatoms. The molecule has 22 heavy (non-hydrogen) atoms. The Bertz CT molecular complexity index is 890. The second kappa shape index (κ2) is 6.35. The molecule has 0 spiro atoms. The highest BCUT2D eigenvalue weighted by atomic mass is 35.5. The fourth-order valence-corrected chi connectivity index (χ4v) is 3.82. The Morgan fingerprint density at radius 2 is 1.73 bits per heavy atom. The highest BCUT2D eigenvalue weighted by Crippen LogP contribution is 2.30. The van der Waals surface area contributed by atoms with Crippen molar-refractivity contribution < 1.29 is 8.42 Å². The summed E-state index contributed by atoms with van der Waals surface area (Å²) in [6.45, 7) is 1.68. The number of aryl methyl sites for hydroxylation is 1. The first kappa shape index (κ1) is 16.9. The molecule has 0 amide bonds. The molecule has 0 bridgehead atoms. The van der Waals surface area contributed by atoms with Gasteiger partial charge in [0.2, 0.25) is 0 Å². The number of hydrogen-bond acceptors (Lipinski definition) is 3. The van der Waals surface area contributed by atoms with Gasteiger partial charge in [0.25, 0.3) is 10.0 Å². The summed E-state index contributed by atoms with van der Waals surface area (Å²) in [6, 6.07) is 8.88. The van der Waals surface area contributed by atoms with E-state index in [4.69, 9.17) is 40.1 Å². The molecule has 0 radical (unpaired) electrons. The zero-order chi connectivity index (χ0) is 16.5. The highest BCUT2D eigenvalue weighted by Gasteiger charge is 2.20. The van der Waals surface area contributed by atoms with Crippen LogP contribution in [0.5, 0.6) is 0 Å². The average Bonchev–Trinajstić information content (AvgIpc) is 2.42. The first-order valence-electron chi connectivity index (χ1n) is 5.92. The number of hydrogen-bond donors (Lipinski definition) is 1. The molecule has 0 saturated heterocycles. The SMILES string of the molecule is Cc1cc(S(=O)(=O)Nc2ccc(C#N)c(Cl)c2)c(Cl)cc1Cl. The predicted molar refractivity (Wildman–Crippen MR) is 88.2 cm³/mol. The zero-order valence-corrected chi connectivity index (χ0v) is 14.3. The molecule has 0 heterocycles. The summed E-state index contributed by atoms with van der Waals surface area (Å²) in [7, 11) is -3.90. The highest BCUT2D eigenvalue weighted by molar-refractivity contribution is 7.92. The van der Waals surface area contributed by atoms with Crippen molar-refractivity contribution >= 4 is 50.5 Å². The molecule has 2 rings (SSSR count). The molecule has 0 saturated carbocycles. The van der Waals surface area contributed by atoms with Crippen molar-refractivity contribution in [3.8, 4) is 6.07 Å². The van der Waals surface area contributed by atoms with E-state index in [1.54, 1.807) is 6.92 Å². The number of nitrogens with one attached hydrogen (secondary N) is 1. The third-order valence-electron chi connectivity index (χ3n) is 2.84. The molecule has 0 atom stereocenters. The molecule has 2 aromatic rings. The van der Waals surface area contributed by atoms with Gasteiger partial charge in [-0.15, -0.1) is 0 Å². The summed E-state index contributed by atoms with van der Waals surface area (Å²) < 4.78 is 27.2. The Balaban J connectivity index is 2.42. The van der Waals surface area contributed by atoms with Crippen LogP contribution in [0.1, 0.15) is 11.1 Å². The Morgan fingerprint density at radius 1 is 1.05 bits per heavy atom. The van der Waals surface area contributed by atoms with Crippen molar-refractivity contribution in [2.45, 2.75) is 11.8 Å². The van der Waals surface area contributed by atoms with Crippen LogP contribution < -0.4 is 4.72 Å². The van der Waals surface area contributed by atoms with E-state index in [-0.39, 0.29) is 26.2 Å². The van der Waals surface area contributed by atoms with Crippen LogP contribution in [-0.4, -0.2) is 8.42 Å². The summed E-state index contributed by atoms with van der Waals surface area (Å²) in [6.07, 6.45) is 0. The van der Waals surface area contributed by atoms with E-state index in [1.807, 2.05) is 6.07 Å². The Kier molecular flexibility index (Phi) is 4.88. The van der Waals surface area contributed by atoms with Crippen molar-refractivity contribution in [1.29, 1.82) is 5.26 Å². The standard InChI is InChI=1S/C14H9Cl3N2O2S/c1-8-4-14(13(17)6-11(8)15)22(20,21)19-10-3-2-9(7-18)12(16)5-10/h2-6,19H,1H3. The number of nitrogens with zero attached hydrogens (tertiary/aromatic N) is 1. The molecule has 0 aliphatic rings. The number of sulfonamides is 1. The molecule has 0 aliphatic carbocycles. The smallest absolute Gasteiger partial charge is 0.263 e. The molecule has 1 N–H and O–H groups in total. The maximum atomic E-state index is 12.4. The first-order valence-corrected chi connectivity index (χ1v) is 8.54. The van der Waals surface area contributed by atoms with E-state index < -0.39 is 10.0 Å². The predicted octanol–water partition coefficient (Wildman–Crippen LogP) is 4.63. The van der Waals surface area contributed by atoms with Gasteiger partial charge in [0.15, 0.2) is 0 Å². The van der Waals surface area contributed by atoms with Crippen molar-refractivity contribution in [3.05, 3.63) is 56.5 Å². The summed E-state index contributed by atoms with van der Waals surface area (Å²) in [5.74, 6) is 0. The molecule has 4 nitrogen and oxygen atoms in total. The summed E-state index contributed by atoms with van der Waals surface area (Å²) in [5, 5.41) is 9.36. The lowest BCUT2D eigenvalue weighted by Gasteiger charge is -2.11. The van der Waals surface area contributed by atoms with Crippen LogP contribution in [0.2, 0.25) is 15.1 Å². The minimum Gasteiger partial charge on any atom is -0.280 e. The van der Waals surface area contributed by atoms with Crippen LogP contribution >= 0.6 is 34.8 Å². The Labute approximate surface area is 143 Å². The molecule has 2 aromatic carbocycles. The number of halogens is 3. The fraction of sp³-hybridized carbons (Fsp3) is 0.0714. The van der Waals surface area contributed by atoms with Gasteiger partial charge in [0.05, 0.1) is 21.3 Å². The van der Waals surface area contributed by atoms with Gasteiger partial charge in [0, 0.05) is 5.02 Å². The van der Waals surface area contributed by atoms with Crippen LogP contribution in [0.3, 0.4) is 0 Å². The summed E-state index contributed by atoms with van der Waals surface area (Å²) in [5.41, 5.74) is 1.07. The molecule has 0 fully saturated rings. The third-order valence-corrected chi connectivity index (χ3v) is 5.41. The van der Waals surface area contributed by atoms with Gasteiger partial charge >= 0.3 is 0 Å². The number of nitriles is 1. The second-order valence-corrected chi connectivity index (χ2v) is 7.32. The van der Waals surface area contributed by atoms with Gasteiger partial charge in [-0.3, -0.25) is 4.72 Å². The minimum absolute atomic E-state index is 0.0165. The monoisotopic (exact) mass is 374 g/mol. The van der Waals surface area contributed by atoms with Crippen LogP contribution in [-0.2, 0) is 10.0 Å². The van der Waals surface area contributed by atoms with Crippen LogP contribution in [0.25, 0.3) is 0 Å². The van der Waals surface area contributed by atoms with Crippen molar-refractivity contribution in [1.82, 2.24) is 0 Å². The van der Waals surface area contributed by atoms with Crippen LogP contribution in [0.15, 0.2) is 35.2 Å². The van der Waals surface area contributed by atoms with Gasteiger partial charge < -0.3 is 0 Å². The van der Waals surface area contributed by atoms with E-state index in [0.717, 1.165) is 0 Å². The molecular formula is C14H9Cl3N2O2S. The van der Waals surface area contributed by atoms with E-state index in [0.29, 0.717) is 10.6 Å². The van der Waals surface area contributed by atoms with Gasteiger partial charge in [-0.1, -0.05) is 34.8 Å². The minimum atomic E-state index is -3.90. The Hall–Kier alpha value is -1.45. The van der Waals surface area contributed by atoms with E-state index >= 15 is 0 Å². The van der Waals surface area contributed by atoms with Crippen LogP contribution in [0, 0.1) is 18.3 Å². The van der Waals surface area contributed by atoms with Gasteiger partial charge in [-0.2, -0.15) is 5.26 Å². The maximum absolute atomic E-state index is 12.4. The van der Waals surface area contributed by atoms with Crippen molar-refractivity contribution in [3.63, 3.8) is 0 Å². The number of benzene rings is 2. The van der Waals surface area contributed by atoms with E-state index in [1.165, 1.54) is 30.3 Å². The number of rotatable bonds is 3. The van der Waals surface area contributed by atoms with Gasteiger partial charge in [0.1, 0.15) is 11.0 Å². The van der Waals surface area contributed by atoms with E-state index in [9.17, 15) is 8.42 Å². The van der Waals surface area contributed by atoms with Crippen LogP contribution in [0.4, 0.5) is 5.69 Å². The lowest BCUT2D eigenvalue weighted by atomic mass is 10.2. The van der Waals surface area contributed by atoms with E-state index in [2.05, 4.69) is 4.72 Å². The normalized spacial score (nSPS) is 11.0. The molecule has 0 unspecified atom stereocenters. The second-order valence-electron chi connectivity index (χ2n) is 4.44. The largest absolute Gasteiger partial charge is 0.280 e. The Morgan fingerprint density at radius 3 is 2.32 bits per heavy atom. The van der Waals surface area contributed by atoms with Gasteiger partial charge in [-0.05, 0) is 42.8 Å². The number of anilines is 1. The fourth-order valence-electron chi connectivity index (χ4n) is 1.72. The first-order chi connectivity index (χ1) is 10.2. The average molecular weight is 376 g/mol.